The number of nitrogens with zero attached hydrogens (tertiary/aromatic N) is 4. The highest BCUT2D eigenvalue weighted by Crippen LogP contribution is 2.41. The van der Waals surface area contributed by atoms with Crippen molar-refractivity contribution in [3.63, 3.8) is 0 Å². The van der Waals surface area contributed by atoms with Crippen molar-refractivity contribution in [2.45, 2.75) is 20.8 Å². The second-order valence-corrected chi connectivity index (χ2v) is 9.09. The number of hydrogen-bond donors (Lipinski definition) is 2. The number of anilines is 2. The fourth-order valence-corrected chi connectivity index (χ4v) is 4.69. The van der Waals surface area contributed by atoms with Crippen molar-refractivity contribution < 1.29 is 14.6 Å². The summed E-state index contributed by atoms with van der Waals surface area (Å²) < 4.78 is 7.10. The second-order valence-electron chi connectivity index (χ2n) is 8.68. The van der Waals surface area contributed by atoms with Gasteiger partial charge in [0.05, 0.1) is 45.8 Å². The number of methoxy groups -OCH3 is 1. The molecule has 0 fully saturated rings. The smallest absolute Gasteiger partial charge is 0.337 e. The fraction of sp³-hybridized carbons (Fsp3) is 0.143. The number of carboxylic acid groups (broad SMARTS) is 1. The van der Waals surface area contributed by atoms with E-state index in [1.165, 1.54) is 13.2 Å². The van der Waals surface area contributed by atoms with Crippen molar-refractivity contribution in [1.29, 1.82) is 0 Å². The molecule has 0 radical (unpaired) electrons. The number of rotatable bonds is 6. The van der Waals surface area contributed by atoms with E-state index in [1.54, 1.807) is 29.2 Å². The van der Waals surface area contributed by atoms with Crippen molar-refractivity contribution >= 4 is 40.1 Å². The highest BCUT2D eigenvalue weighted by Gasteiger charge is 2.24. The van der Waals surface area contributed by atoms with Gasteiger partial charge in [0, 0.05) is 23.5 Å². The Bertz CT molecular complexity index is 1680. The molecule has 5 rings (SSSR count). The van der Waals surface area contributed by atoms with E-state index in [4.69, 9.17) is 21.4 Å². The number of para-hydroxylation sites is 1. The van der Waals surface area contributed by atoms with E-state index in [-0.39, 0.29) is 5.56 Å². The van der Waals surface area contributed by atoms with E-state index >= 15 is 0 Å². The van der Waals surface area contributed by atoms with Crippen molar-refractivity contribution in [3.05, 3.63) is 88.3 Å². The van der Waals surface area contributed by atoms with Gasteiger partial charge in [-0.3, -0.25) is 9.97 Å². The Morgan fingerprint density at radius 2 is 1.70 bits per heavy atom. The monoisotopic (exact) mass is 513 g/mol. The van der Waals surface area contributed by atoms with Gasteiger partial charge in [0.1, 0.15) is 11.6 Å². The summed E-state index contributed by atoms with van der Waals surface area (Å²) in [4.78, 5) is 21.0. The summed E-state index contributed by atoms with van der Waals surface area (Å²) >= 11 is 6.78. The normalized spacial score (nSPS) is 11.1. The van der Waals surface area contributed by atoms with Crippen LogP contribution in [0.15, 0.2) is 60.9 Å². The van der Waals surface area contributed by atoms with Crippen LogP contribution in [-0.2, 0) is 0 Å². The van der Waals surface area contributed by atoms with Crippen LogP contribution in [0.2, 0.25) is 5.02 Å². The first-order valence-corrected chi connectivity index (χ1v) is 11.9. The number of nitrogens with one attached hydrogen (secondary N) is 1. The zero-order valence-electron chi connectivity index (χ0n) is 20.7. The van der Waals surface area contributed by atoms with Crippen molar-refractivity contribution in [3.8, 4) is 22.6 Å². The predicted molar refractivity (Wildman–Crippen MR) is 145 cm³/mol. The van der Waals surface area contributed by atoms with Crippen LogP contribution in [0.1, 0.15) is 27.2 Å². The zero-order valence-corrected chi connectivity index (χ0v) is 21.5. The molecule has 0 aliphatic heterocycles. The highest BCUT2D eigenvalue weighted by molar-refractivity contribution is 6.34. The Morgan fingerprint density at radius 1 is 1.00 bits per heavy atom. The lowest BCUT2D eigenvalue weighted by Crippen LogP contribution is -2.10. The Balaban J connectivity index is 1.81. The van der Waals surface area contributed by atoms with Gasteiger partial charge in [-0.15, -0.1) is 0 Å². The van der Waals surface area contributed by atoms with Crippen LogP contribution in [0.5, 0.6) is 5.75 Å². The van der Waals surface area contributed by atoms with Crippen LogP contribution in [0.4, 0.5) is 11.5 Å². The number of carbonyl (C=O) groups is 1. The molecular weight excluding hydrogens is 490 g/mol. The largest absolute Gasteiger partial charge is 0.497 e. The first-order chi connectivity index (χ1) is 17.8. The van der Waals surface area contributed by atoms with Crippen molar-refractivity contribution in [2.75, 3.05) is 12.4 Å². The summed E-state index contributed by atoms with van der Waals surface area (Å²) in [6.07, 6.45) is 3.25. The molecule has 0 bridgehead atoms. The molecule has 2 heterocycles. The summed E-state index contributed by atoms with van der Waals surface area (Å²) in [5, 5.41) is 18.8. The average molecular weight is 514 g/mol. The lowest BCUT2D eigenvalue weighted by atomic mass is 10.0. The van der Waals surface area contributed by atoms with Crippen LogP contribution in [0.25, 0.3) is 27.8 Å². The number of aromatic carboxylic acids is 1. The molecule has 2 N–H and O–H groups in total. The molecule has 37 heavy (non-hydrogen) atoms. The van der Waals surface area contributed by atoms with Gasteiger partial charge in [-0.25, -0.2) is 9.48 Å². The van der Waals surface area contributed by atoms with Crippen LogP contribution in [0.3, 0.4) is 0 Å². The van der Waals surface area contributed by atoms with Gasteiger partial charge in [-0.05, 0) is 62.2 Å². The molecule has 0 saturated carbocycles. The molecule has 186 valence electrons. The minimum Gasteiger partial charge on any atom is -0.497 e. The number of ether oxygens (including phenoxy) is 1. The molecule has 0 aliphatic carbocycles. The summed E-state index contributed by atoms with van der Waals surface area (Å²) in [7, 11) is 1.51. The van der Waals surface area contributed by atoms with Crippen LogP contribution >= 0.6 is 11.6 Å². The van der Waals surface area contributed by atoms with Gasteiger partial charge >= 0.3 is 5.97 Å². The van der Waals surface area contributed by atoms with Crippen LogP contribution in [-0.4, -0.2) is 37.9 Å². The van der Waals surface area contributed by atoms with Gasteiger partial charge in [-0.1, -0.05) is 29.8 Å². The van der Waals surface area contributed by atoms with Gasteiger partial charge in [-0.2, -0.15) is 5.10 Å². The van der Waals surface area contributed by atoms with E-state index < -0.39 is 5.97 Å². The lowest BCUT2D eigenvalue weighted by molar-refractivity contribution is 0.0697. The fourth-order valence-electron chi connectivity index (χ4n) is 4.44. The molecule has 8 nitrogen and oxygen atoms in total. The topological polar surface area (TPSA) is 102 Å². The number of aryl methyl sites for hydroxylation is 3. The van der Waals surface area contributed by atoms with E-state index in [1.807, 2.05) is 51.1 Å². The maximum atomic E-state index is 12.2. The van der Waals surface area contributed by atoms with Crippen molar-refractivity contribution in [1.82, 2.24) is 19.7 Å². The van der Waals surface area contributed by atoms with Gasteiger partial charge in [0.2, 0.25) is 0 Å². The van der Waals surface area contributed by atoms with Crippen molar-refractivity contribution in [2.24, 2.45) is 0 Å². The second kappa shape index (κ2) is 9.55. The minimum absolute atomic E-state index is 0.0773. The summed E-state index contributed by atoms with van der Waals surface area (Å²) in [5.74, 6) is -0.0446. The number of carboxylic acids is 1. The molecule has 0 amide bonds. The number of aromatic nitrogens is 4. The van der Waals surface area contributed by atoms with Gasteiger partial charge < -0.3 is 15.2 Å². The number of benzene rings is 3. The molecule has 0 spiro atoms. The van der Waals surface area contributed by atoms with Gasteiger partial charge in [0.25, 0.3) is 0 Å². The summed E-state index contributed by atoms with van der Waals surface area (Å²) in [6, 6.07) is 14.8. The molecule has 3 aromatic carbocycles. The molecule has 9 heteroatoms. The first kappa shape index (κ1) is 24.3. The van der Waals surface area contributed by atoms with Crippen LogP contribution < -0.4 is 10.1 Å². The van der Waals surface area contributed by atoms with E-state index in [2.05, 4.69) is 15.3 Å². The molecule has 0 atom stereocenters. The number of hydrogen-bond acceptors (Lipinski definition) is 6. The lowest BCUT2D eigenvalue weighted by Gasteiger charge is -2.18. The summed E-state index contributed by atoms with van der Waals surface area (Å²) in [5.41, 5.74) is 6.56. The SMILES string of the molecule is COc1cc(C)c(Nc2c(-c3cc4nccnc4cc3Cl)c(C)nn2-c2ccccc2C)c(C(=O)O)c1. The Morgan fingerprint density at radius 3 is 2.38 bits per heavy atom. The number of halogens is 1. The summed E-state index contributed by atoms with van der Waals surface area (Å²) in [6.45, 7) is 5.72. The van der Waals surface area contributed by atoms with E-state index in [0.717, 1.165) is 16.8 Å². The molecule has 0 unspecified atom stereocenters. The zero-order chi connectivity index (χ0) is 26.3. The van der Waals surface area contributed by atoms with Crippen LogP contribution in [0, 0.1) is 20.8 Å². The molecule has 0 saturated heterocycles. The quantitative estimate of drug-likeness (QED) is 0.267. The minimum atomic E-state index is -1.08. The first-order valence-electron chi connectivity index (χ1n) is 11.5. The predicted octanol–water partition coefficient (Wildman–Crippen LogP) is 6.51. The molecular formula is C28H24ClN5O3. The Labute approximate surface area is 218 Å². The molecule has 5 aromatic rings. The van der Waals surface area contributed by atoms with E-state index in [0.29, 0.717) is 50.1 Å². The molecule has 0 aliphatic rings. The Kier molecular flexibility index (Phi) is 6.27. The highest BCUT2D eigenvalue weighted by atomic mass is 35.5. The van der Waals surface area contributed by atoms with E-state index in [9.17, 15) is 9.90 Å². The third-order valence-electron chi connectivity index (χ3n) is 6.25. The standard InChI is InChI=1S/C28H24ClN5O3/c1-15-7-5-6-8-24(15)34-27(32-26-16(2)11-18(37-4)12-20(26)28(35)36)25(17(3)33-34)19-13-22-23(14-21(19)29)31-10-9-30-22/h5-14,32H,1-4H3,(H,35,36). The number of fused-ring (bicyclic) bond motifs is 1. The third-order valence-corrected chi connectivity index (χ3v) is 6.56. The third kappa shape index (κ3) is 4.36. The Hall–Kier alpha value is -4.43. The average Bonchev–Trinajstić information content (AvgIpc) is 3.19. The maximum Gasteiger partial charge on any atom is 0.337 e. The molecule has 2 aromatic heterocycles. The maximum absolute atomic E-state index is 12.2. The van der Waals surface area contributed by atoms with Gasteiger partial charge in [0.15, 0.2) is 0 Å².